The second-order valence-corrected chi connectivity index (χ2v) is 10.6. The van der Waals surface area contributed by atoms with Crippen molar-refractivity contribution in [1.29, 1.82) is 0 Å². The Hall–Kier alpha value is -1.60. The third-order valence-corrected chi connectivity index (χ3v) is 7.08. The summed E-state index contributed by atoms with van der Waals surface area (Å²) >= 11 is 0. The fourth-order valence-electron chi connectivity index (χ4n) is 4.62. The number of carboxylic acids is 1. The zero-order valence-corrected chi connectivity index (χ0v) is 24.0. The van der Waals surface area contributed by atoms with Crippen LogP contribution in [0, 0.1) is 0 Å². The van der Waals surface area contributed by atoms with Gasteiger partial charge in [-0.1, -0.05) is 96.8 Å². The van der Waals surface area contributed by atoms with E-state index >= 15 is 0 Å². The minimum absolute atomic E-state index is 0.0256. The number of ketones is 1. The first-order valence-corrected chi connectivity index (χ1v) is 15.0. The third kappa shape index (κ3) is 23.3. The van der Waals surface area contributed by atoms with Crippen LogP contribution in [0.15, 0.2) is 0 Å². The SMILES string of the molecule is C=[N+](CCCC(O)NC(CC)C(C)=O)C(=O)CCCCCCCCCCCCCCCCCCC(=O)O. The summed E-state index contributed by atoms with van der Waals surface area (Å²) in [4.78, 5) is 34.1. The maximum Gasteiger partial charge on any atom is 0.386 e. The lowest BCUT2D eigenvalue weighted by Gasteiger charge is -2.18. The van der Waals surface area contributed by atoms with E-state index in [0.717, 1.165) is 25.7 Å². The van der Waals surface area contributed by atoms with Crippen molar-refractivity contribution in [2.24, 2.45) is 0 Å². The van der Waals surface area contributed by atoms with Gasteiger partial charge in [-0.15, -0.1) is 0 Å². The van der Waals surface area contributed by atoms with Gasteiger partial charge in [0.25, 0.3) is 0 Å². The predicted octanol–water partition coefficient (Wildman–Crippen LogP) is 6.39. The number of nitrogens with zero attached hydrogens (tertiary/aromatic N) is 1. The van der Waals surface area contributed by atoms with Crippen molar-refractivity contribution in [3.05, 3.63) is 0 Å². The molecule has 216 valence electrons. The highest BCUT2D eigenvalue weighted by atomic mass is 16.4. The number of nitrogens with one attached hydrogen (secondary N) is 1. The highest BCUT2D eigenvalue weighted by Crippen LogP contribution is 2.14. The van der Waals surface area contributed by atoms with Crippen LogP contribution in [0.3, 0.4) is 0 Å². The number of carbonyl (C=O) groups is 3. The number of carbonyl (C=O) groups excluding carboxylic acids is 2. The van der Waals surface area contributed by atoms with Gasteiger partial charge in [-0.2, -0.15) is 4.58 Å². The molecule has 7 heteroatoms. The van der Waals surface area contributed by atoms with E-state index in [2.05, 4.69) is 12.0 Å². The average molecular weight is 526 g/mol. The summed E-state index contributed by atoms with van der Waals surface area (Å²) in [7, 11) is 0. The topological polar surface area (TPSA) is 107 Å². The van der Waals surface area contributed by atoms with Crippen LogP contribution in [0.1, 0.15) is 149 Å². The Balaban J connectivity index is 3.45. The molecule has 0 radical (unpaired) electrons. The molecular formula is C30H57N2O5+. The molecule has 0 saturated carbocycles. The minimum Gasteiger partial charge on any atom is -0.481 e. The number of aliphatic hydroxyl groups is 1. The molecule has 0 aromatic carbocycles. The van der Waals surface area contributed by atoms with E-state index < -0.39 is 12.2 Å². The van der Waals surface area contributed by atoms with E-state index in [-0.39, 0.29) is 17.7 Å². The van der Waals surface area contributed by atoms with Crippen LogP contribution in [-0.2, 0) is 14.4 Å². The average Bonchev–Trinajstić information content (AvgIpc) is 2.85. The largest absolute Gasteiger partial charge is 0.481 e. The van der Waals surface area contributed by atoms with Crippen molar-refractivity contribution in [3.63, 3.8) is 0 Å². The first-order valence-electron chi connectivity index (χ1n) is 15.0. The molecule has 0 aliphatic heterocycles. The number of Topliss-reactive ketones (excluding diaryl/α,β-unsaturated/α-hetero) is 1. The molecular weight excluding hydrogens is 468 g/mol. The predicted molar refractivity (Wildman–Crippen MR) is 151 cm³/mol. The molecule has 0 saturated heterocycles. The van der Waals surface area contributed by atoms with Crippen LogP contribution >= 0.6 is 0 Å². The summed E-state index contributed by atoms with van der Waals surface area (Å²) in [5.41, 5.74) is 0. The fourth-order valence-corrected chi connectivity index (χ4v) is 4.62. The van der Waals surface area contributed by atoms with Crippen LogP contribution < -0.4 is 5.32 Å². The van der Waals surface area contributed by atoms with Crippen LogP contribution in [0.5, 0.6) is 0 Å². The van der Waals surface area contributed by atoms with Crippen LogP contribution in [0.4, 0.5) is 0 Å². The summed E-state index contributed by atoms with van der Waals surface area (Å²) in [6.07, 6.45) is 21.1. The normalized spacial score (nSPS) is 12.8. The van der Waals surface area contributed by atoms with Crippen molar-refractivity contribution >= 4 is 24.4 Å². The molecule has 3 N–H and O–H groups in total. The Morgan fingerprint density at radius 3 is 1.51 bits per heavy atom. The number of rotatable bonds is 27. The number of hydrogen-bond acceptors (Lipinski definition) is 5. The number of amides is 1. The number of aliphatic hydroxyl groups excluding tert-OH is 1. The van der Waals surface area contributed by atoms with E-state index in [1.165, 1.54) is 88.5 Å². The van der Waals surface area contributed by atoms with Gasteiger partial charge in [-0.3, -0.25) is 14.9 Å². The molecule has 7 nitrogen and oxygen atoms in total. The molecule has 0 rings (SSSR count). The Morgan fingerprint density at radius 1 is 0.730 bits per heavy atom. The number of aliphatic carboxylic acids is 1. The summed E-state index contributed by atoms with van der Waals surface area (Å²) in [6, 6.07) is -0.316. The van der Waals surface area contributed by atoms with Gasteiger partial charge in [0.2, 0.25) is 0 Å². The molecule has 37 heavy (non-hydrogen) atoms. The van der Waals surface area contributed by atoms with Gasteiger partial charge in [0.05, 0.1) is 12.5 Å². The van der Waals surface area contributed by atoms with Gasteiger partial charge in [0, 0.05) is 12.8 Å². The Bertz CT molecular complexity index is 623. The van der Waals surface area contributed by atoms with Gasteiger partial charge in [-0.25, -0.2) is 4.79 Å². The molecule has 0 fully saturated rings. The van der Waals surface area contributed by atoms with Crippen LogP contribution in [0.2, 0.25) is 0 Å². The number of carboxylic acid groups (broad SMARTS) is 1. The maximum absolute atomic E-state index is 12.2. The van der Waals surface area contributed by atoms with Crippen LogP contribution in [0.25, 0.3) is 0 Å². The third-order valence-electron chi connectivity index (χ3n) is 7.08. The molecule has 0 aromatic rings. The van der Waals surface area contributed by atoms with Crippen molar-refractivity contribution in [2.45, 2.75) is 161 Å². The molecule has 2 unspecified atom stereocenters. The Morgan fingerprint density at radius 2 is 1.14 bits per heavy atom. The lowest BCUT2D eigenvalue weighted by atomic mass is 10.0. The molecule has 1 amide bonds. The highest BCUT2D eigenvalue weighted by molar-refractivity contribution is 5.81. The second kappa shape index (κ2) is 24.7. The maximum atomic E-state index is 12.2. The van der Waals surface area contributed by atoms with Crippen molar-refractivity contribution in [2.75, 3.05) is 6.54 Å². The van der Waals surface area contributed by atoms with E-state index in [1.807, 2.05) is 6.92 Å². The molecule has 0 aliphatic carbocycles. The summed E-state index contributed by atoms with van der Waals surface area (Å²) < 4.78 is 1.51. The Labute approximate surface area is 226 Å². The monoisotopic (exact) mass is 525 g/mol. The van der Waals surface area contributed by atoms with Crippen molar-refractivity contribution in [1.82, 2.24) is 5.32 Å². The van der Waals surface area contributed by atoms with Gasteiger partial charge in [0.15, 0.2) is 6.54 Å². The van der Waals surface area contributed by atoms with E-state index in [0.29, 0.717) is 38.6 Å². The van der Waals surface area contributed by atoms with Gasteiger partial charge in [-0.05, 0) is 32.6 Å². The van der Waals surface area contributed by atoms with Gasteiger partial charge in [0.1, 0.15) is 18.7 Å². The molecule has 0 bridgehead atoms. The Kier molecular flexibility index (Phi) is 23.7. The second-order valence-electron chi connectivity index (χ2n) is 10.6. The van der Waals surface area contributed by atoms with Crippen molar-refractivity contribution in [3.8, 4) is 0 Å². The van der Waals surface area contributed by atoms with Crippen LogP contribution in [-0.4, -0.2) is 58.0 Å². The zero-order valence-electron chi connectivity index (χ0n) is 24.0. The summed E-state index contributed by atoms with van der Waals surface area (Å²) in [5, 5.41) is 21.6. The highest BCUT2D eigenvalue weighted by Gasteiger charge is 2.18. The number of unbranched alkanes of at least 4 members (excludes halogenated alkanes) is 15. The first kappa shape index (κ1) is 35.4. The first-order chi connectivity index (χ1) is 17.8. The van der Waals surface area contributed by atoms with E-state index in [9.17, 15) is 19.5 Å². The fraction of sp³-hybridized carbons (Fsp3) is 0.867. The molecule has 0 heterocycles. The summed E-state index contributed by atoms with van der Waals surface area (Å²) in [5.74, 6) is -0.588. The number of hydrogen-bond donors (Lipinski definition) is 3. The quantitative estimate of drug-likeness (QED) is 0.0497. The standard InChI is InChI=1S/C30H56N2O5/c1-4-27(26(2)33)31-28(34)22-21-25-32(3)29(35)23-19-17-15-13-11-9-7-5-6-8-10-12-14-16-18-20-24-30(36)37/h27-28,31,34H,3-25H2,1-2H3/p+1. The summed E-state index contributed by atoms with van der Waals surface area (Å²) in [6.45, 7) is 7.80. The van der Waals surface area contributed by atoms with Gasteiger partial charge < -0.3 is 10.2 Å². The van der Waals surface area contributed by atoms with Crippen molar-refractivity contribution < 1.29 is 29.2 Å². The lowest BCUT2D eigenvalue weighted by molar-refractivity contribution is -0.442. The minimum atomic E-state index is -0.739. The van der Waals surface area contributed by atoms with E-state index in [4.69, 9.17) is 5.11 Å². The zero-order chi connectivity index (χ0) is 27.7. The van der Waals surface area contributed by atoms with E-state index in [1.54, 1.807) is 0 Å². The smallest absolute Gasteiger partial charge is 0.386 e. The molecule has 0 aliphatic rings. The van der Waals surface area contributed by atoms with Gasteiger partial charge >= 0.3 is 11.9 Å². The molecule has 0 aromatic heterocycles. The molecule has 0 spiro atoms. The molecule has 2 atom stereocenters. The lowest BCUT2D eigenvalue weighted by Crippen LogP contribution is -2.42.